The Labute approximate surface area is 116 Å². The minimum Gasteiger partial charge on any atom is -0.232 e. The van der Waals surface area contributed by atoms with E-state index in [-0.39, 0.29) is 0 Å². The average Bonchev–Trinajstić information content (AvgIpc) is 2.83. The molecular formula is C16H11N4+. The Bertz CT molecular complexity index is 877. The molecule has 20 heavy (non-hydrogen) atoms. The summed E-state index contributed by atoms with van der Waals surface area (Å²) >= 11 is 0. The number of nitriles is 2. The lowest BCUT2D eigenvalue weighted by Crippen LogP contribution is -2.25. The first-order valence-corrected chi connectivity index (χ1v) is 6.15. The SMILES string of the molecule is C[n+]1cn(-c2ccccc2)c2cc(C#N)c(C#N)cc21. The molecule has 0 saturated carbocycles. The van der Waals surface area contributed by atoms with Crippen LogP contribution in [0.1, 0.15) is 11.1 Å². The van der Waals surface area contributed by atoms with E-state index < -0.39 is 0 Å². The smallest absolute Gasteiger partial charge is 0.232 e. The summed E-state index contributed by atoms with van der Waals surface area (Å²) in [5.74, 6) is 0. The number of fused-ring (bicyclic) bond motifs is 1. The Hall–Kier alpha value is -3.11. The first-order valence-electron chi connectivity index (χ1n) is 6.15. The van der Waals surface area contributed by atoms with Crippen molar-refractivity contribution in [2.45, 2.75) is 0 Å². The van der Waals surface area contributed by atoms with Crippen LogP contribution in [-0.4, -0.2) is 4.57 Å². The summed E-state index contributed by atoms with van der Waals surface area (Å²) in [4.78, 5) is 0. The van der Waals surface area contributed by atoms with Crippen molar-refractivity contribution in [3.63, 3.8) is 0 Å². The molecular weight excluding hydrogens is 248 g/mol. The number of nitrogens with zero attached hydrogens (tertiary/aromatic N) is 4. The zero-order chi connectivity index (χ0) is 14.1. The number of rotatable bonds is 1. The van der Waals surface area contributed by atoms with Crippen LogP contribution in [0.15, 0.2) is 48.8 Å². The number of para-hydroxylation sites is 1. The second-order valence-electron chi connectivity index (χ2n) is 4.54. The first-order chi connectivity index (χ1) is 9.74. The molecule has 0 fully saturated rings. The van der Waals surface area contributed by atoms with Gasteiger partial charge in [-0.2, -0.15) is 15.1 Å². The Balaban J connectivity index is 2.37. The van der Waals surface area contributed by atoms with E-state index in [1.807, 2.05) is 52.8 Å². The quantitative estimate of drug-likeness (QED) is 0.629. The topological polar surface area (TPSA) is 56.4 Å². The van der Waals surface area contributed by atoms with E-state index in [9.17, 15) is 0 Å². The maximum absolute atomic E-state index is 9.16. The molecule has 1 heterocycles. The third-order valence-corrected chi connectivity index (χ3v) is 3.32. The molecule has 0 aliphatic carbocycles. The molecule has 0 aliphatic heterocycles. The first kappa shape index (κ1) is 12.0. The van der Waals surface area contributed by atoms with Gasteiger partial charge in [-0.3, -0.25) is 0 Å². The lowest BCUT2D eigenvalue weighted by atomic mass is 10.1. The minimum absolute atomic E-state index is 0.399. The van der Waals surface area contributed by atoms with Crippen LogP contribution in [0.4, 0.5) is 0 Å². The fraction of sp³-hybridized carbons (Fsp3) is 0.0625. The molecule has 94 valence electrons. The van der Waals surface area contributed by atoms with Gasteiger partial charge in [-0.25, -0.2) is 4.57 Å². The van der Waals surface area contributed by atoms with Crippen LogP contribution < -0.4 is 4.57 Å². The third-order valence-electron chi connectivity index (χ3n) is 3.32. The van der Waals surface area contributed by atoms with E-state index in [1.54, 1.807) is 12.1 Å². The molecule has 4 nitrogen and oxygen atoms in total. The van der Waals surface area contributed by atoms with E-state index in [2.05, 4.69) is 12.1 Å². The number of aryl methyl sites for hydroxylation is 1. The molecule has 0 unspecified atom stereocenters. The lowest BCUT2D eigenvalue weighted by Gasteiger charge is -1.97. The molecule has 0 saturated heterocycles. The van der Waals surface area contributed by atoms with Gasteiger partial charge in [0.1, 0.15) is 17.8 Å². The van der Waals surface area contributed by atoms with Gasteiger partial charge in [-0.1, -0.05) is 18.2 Å². The molecule has 1 aromatic heterocycles. The number of hydrogen-bond donors (Lipinski definition) is 0. The Kier molecular flexibility index (Phi) is 2.71. The predicted octanol–water partition coefficient (Wildman–Crippen LogP) is 2.20. The van der Waals surface area contributed by atoms with Crippen molar-refractivity contribution in [3.8, 4) is 17.8 Å². The molecule has 0 bridgehead atoms. The van der Waals surface area contributed by atoms with Crippen molar-refractivity contribution in [1.29, 1.82) is 10.5 Å². The highest BCUT2D eigenvalue weighted by Crippen LogP contribution is 2.20. The second-order valence-corrected chi connectivity index (χ2v) is 4.54. The number of aromatic nitrogens is 2. The van der Waals surface area contributed by atoms with Gasteiger partial charge in [0.2, 0.25) is 6.33 Å². The molecule has 0 radical (unpaired) electrons. The molecule has 0 aliphatic rings. The number of benzene rings is 2. The fourth-order valence-corrected chi connectivity index (χ4v) is 2.33. The van der Waals surface area contributed by atoms with Gasteiger partial charge in [-0.05, 0) is 12.1 Å². The van der Waals surface area contributed by atoms with Crippen LogP contribution in [0.2, 0.25) is 0 Å². The number of imidazole rings is 1. The third kappa shape index (κ3) is 1.72. The molecule has 3 aromatic rings. The van der Waals surface area contributed by atoms with Gasteiger partial charge < -0.3 is 0 Å². The molecule has 4 heteroatoms. The summed E-state index contributed by atoms with van der Waals surface area (Å²) in [5, 5.41) is 18.3. The molecule has 0 amide bonds. The van der Waals surface area contributed by atoms with Crippen molar-refractivity contribution in [2.24, 2.45) is 7.05 Å². The minimum atomic E-state index is 0.399. The molecule has 0 atom stereocenters. The van der Waals surface area contributed by atoms with Gasteiger partial charge in [-0.15, -0.1) is 0 Å². The second kappa shape index (κ2) is 4.53. The van der Waals surface area contributed by atoms with E-state index in [1.165, 1.54) is 0 Å². The van der Waals surface area contributed by atoms with Crippen LogP contribution in [0.25, 0.3) is 16.7 Å². The molecule has 0 spiro atoms. The zero-order valence-corrected chi connectivity index (χ0v) is 10.9. The van der Waals surface area contributed by atoms with E-state index in [4.69, 9.17) is 10.5 Å². The standard InChI is InChI=1S/C16H11N4/c1-19-11-20(14-5-3-2-4-6-14)16-8-13(10-18)12(9-17)7-15(16)19/h2-8,11H,1H3/q+1. The van der Waals surface area contributed by atoms with Crippen molar-refractivity contribution in [2.75, 3.05) is 0 Å². The average molecular weight is 259 g/mol. The van der Waals surface area contributed by atoms with E-state index in [0.717, 1.165) is 16.7 Å². The van der Waals surface area contributed by atoms with E-state index in [0.29, 0.717) is 11.1 Å². The number of hydrogen-bond acceptors (Lipinski definition) is 2. The summed E-state index contributed by atoms with van der Waals surface area (Å²) in [6.07, 6.45) is 1.95. The van der Waals surface area contributed by atoms with E-state index >= 15 is 0 Å². The summed E-state index contributed by atoms with van der Waals surface area (Å²) in [6, 6.07) is 17.6. The summed E-state index contributed by atoms with van der Waals surface area (Å²) in [7, 11) is 1.93. The van der Waals surface area contributed by atoms with Crippen LogP contribution >= 0.6 is 0 Å². The van der Waals surface area contributed by atoms with Gasteiger partial charge in [0.15, 0.2) is 11.0 Å². The maximum Gasteiger partial charge on any atom is 0.249 e. The highest BCUT2D eigenvalue weighted by Gasteiger charge is 2.18. The fourth-order valence-electron chi connectivity index (χ4n) is 2.33. The Morgan fingerprint density at radius 3 is 2.30 bits per heavy atom. The summed E-state index contributed by atoms with van der Waals surface area (Å²) in [6.45, 7) is 0. The zero-order valence-electron chi connectivity index (χ0n) is 10.9. The van der Waals surface area contributed by atoms with Gasteiger partial charge >= 0.3 is 0 Å². The largest absolute Gasteiger partial charge is 0.249 e. The monoisotopic (exact) mass is 259 g/mol. The van der Waals surface area contributed by atoms with Crippen LogP contribution in [0.5, 0.6) is 0 Å². The van der Waals surface area contributed by atoms with Crippen LogP contribution in [0.3, 0.4) is 0 Å². The van der Waals surface area contributed by atoms with Gasteiger partial charge in [0.05, 0.1) is 18.2 Å². The predicted molar refractivity (Wildman–Crippen MR) is 73.9 cm³/mol. The summed E-state index contributed by atoms with van der Waals surface area (Å²) in [5.41, 5.74) is 3.66. The maximum atomic E-state index is 9.16. The lowest BCUT2D eigenvalue weighted by molar-refractivity contribution is -0.645. The van der Waals surface area contributed by atoms with Gasteiger partial charge in [0, 0.05) is 12.1 Å². The van der Waals surface area contributed by atoms with Crippen molar-refractivity contribution >= 4 is 11.0 Å². The molecule has 2 aromatic carbocycles. The summed E-state index contributed by atoms with van der Waals surface area (Å²) < 4.78 is 3.96. The van der Waals surface area contributed by atoms with Crippen molar-refractivity contribution in [1.82, 2.24) is 4.57 Å². The van der Waals surface area contributed by atoms with Gasteiger partial charge in [0.25, 0.3) is 0 Å². The van der Waals surface area contributed by atoms with Crippen LogP contribution in [0, 0.1) is 22.7 Å². The van der Waals surface area contributed by atoms with Crippen molar-refractivity contribution in [3.05, 3.63) is 59.9 Å². The molecule has 0 N–H and O–H groups in total. The highest BCUT2D eigenvalue weighted by molar-refractivity contribution is 5.78. The highest BCUT2D eigenvalue weighted by atomic mass is 15.1. The van der Waals surface area contributed by atoms with Crippen LogP contribution in [-0.2, 0) is 7.05 Å². The Morgan fingerprint density at radius 2 is 1.65 bits per heavy atom. The van der Waals surface area contributed by atoms with Crippen molar-refractivity contribution < 1.29 is 4.57 Å². The molecule has 3 rings (SSSR count). The Morgan fingerprint density at radius 1 is 1.00 bits per heavy atom. The normalized spacial score (nSPS) is 10.2.